The van der Waals surface area contributed by atoms with E-state index in [0.29, 0.717) is 18.1 Å². The molecule has 0 aromatic rings. The molecule has 2 rings (SSSR count). The number of guanidine groups is 1. The molecule has 92 valence electrons. The number of nitrogens with one attached hydrogen (secondary N) is 1. The van der Waals surface area contributed by atoms with Gasteiger partial charge in [-0.1, -0.05) is 0 Å². The van der Waals surface area contributed by atoms with Gasteiger partial charge in [0.1, 0.15) is 0 Å². The van der Waals surface area contributed by atoms with Crippen molar-refractivity contribution < 1.29 is 4.74 Å². The zero-order chi connectivity index (χ0) is 11.5. The van der Waals surface area contributed by atoms with Gasteiger partial charge in [-0.3, -0.25) is 4.99 Å². The maximum atomic E-state index is 5.75. The predicted molar refractivity (Wildman–Crippen MR) is 65.7 cm³/mol. The summed E-state index contributed by atoms with van der Waals surface area (Å²) < 4.78 is 5.75. The van der Waals surface area contributed by atoms with Crippen molar-refractivity contribution in [2.45, 2.75) is 38.9 Å². The number of ether oxygens (including phenoxy) is 1. The Bertz CT molecular complexity index is 267. The van der Waals surface area contributed by atoms with Gasteiger partial charge in [-0.2, -0.15) is 0 Å². The molecule has 0 radical (unpaired) electrons. The first-order valence-corrected chi connectivity index (χ1v) is 6.31. The molecule has 1 fully saturated rings. The smallest absolute Gasteiger partial charge is 0.193 e. The van der Waals surface area contributed by atoms with Gasteiger partial charge in [0.15, 0.2) is 5.96 Å². The zero-order valence-electron chi connectivity index (χ0n) is 10.6. The molecule has 2 heterocycles. The van der Waals surface area contributed by atoms with E-state index in [0.717, 1.165) is 32.0 Å². The average molecular weight is 225 g/mol. The van der Waals surface area contributed by atoms with Crippen LogP contribution >= 0.6 is 0 Å². The lowest BCUT2D eigenvalue weighted by atomic mass is 10.0. The molecule has 16 heavy (non-hydrogen) atoms. The Morgan fingerprint density at radius 1 is 1.50 bits per heavy atom. The van der Waals surface area contributed by atoms with E-state index in [-0.39, 0.29) is 0 Å². The van der Waals surface area contributed by atoms with E-state index in [1.807, 2.05) is 0 Å². The number of rotatable bonds is 2. The van der Waals surface area contributed by atoms with Crippen LogP contribution in [-0.4, -0.2) is 49.7 Å². The molecule has 1 N–H and O–H groups in total. The van der Waals surface area contributed by atoms with Crippen molar-refractivity contribution in [1.82, 2.24) is 10.2 Å². The van der Waals surface area contributed by atoms with E-state index in [1.54, 1.807) is 0 Å². The normalized spacial score (nSPS) is 35.1. The second kappa shape index (κ2) is 5.04. The lowest BCUT2D eigenvalue weighted by Gasteiger charge is -2.27. The van der Waals surface area contributed by atoms with Gasteiger partial charge < -0.3 is 15.0 Å². The molecule has 0 aliphatic carbocycles. The fourth-order valence-corrected chi connectivity index (χ4v) is 2.53. The minimum Gasteiger partial charge on any atom is -0.375 e. The summed E-state index contributed by atoms with van der Waals surface area (Å²) in [5.74, 6) is 1.67. The summed E-state index contributed by atoms with van der Waals surface area (Å²) in [6.45, 7) is 7.37. The summed E-state index contributed by atoms with van der Waals surface area (Å²) in [6, 6.07) is 0. The summed E-state index contributed by atoms with van der Waals surface area (Å²) in [6.07, 6.45) is 3.11. The standard InChI is InChI=1S/C12H23N3O/c1-9-7-11(10(2)16-9)8-14-12-13-5-4-6-15(12)3/h9-11H,4-8H2,1-3H3,(H,13,14). The van der Waals surface area contributed by atoms with Crippen LogP contribution in [0.3, 0.4) is 0 Å². The van der Waals surface area contributed by atoms with E-state index in [4.69, 9.17) is 4.74 Å². The molecule has 0 aromatic carbocycles. The molecular formula is C12H23N3O. The quantitative estimate of drug-likeness (QED) is 0.764. The molecule has 1 saturated heterocycles. The fourth-order valence-electron chi connectivity index (χ4n) is 2.53. The molecule has 3 unspecified atom stereocenters. The van der Waals surface area contributed by atoms with Crippen LogP contribution in [-0.2, 0) is 4.74 Å². The highest BCUT2D eigenvalue weighted by atomic mass is 16.5. The van der Waals surface area contributed by atoms with Gasteiger partial charge >= 0.3 is 0 Å². The Morgan fingerprint density at radius 3 is 2.94 bits per heavy atom. The second-order valence-electron chi connectivity index (χ2n) is 5.01. The van der Waals surface area contributed by atoms with Crippen molar-refractivity contribution >= 4 is 5.96 Å². The summed E-state index contributed by atoms with van der Waals surface area (Å²) >= 11 is 0. The van der Waals surface area contributed by atoms with Crippen molar-refractivity contribution in [3.8, 4) is 0 Å². The van der Waals surface area contributed by atoms with Gasteiger partial charge in [0.05, 0.1) is 12.2 Å². The minimum atomic E-state index is 0.372. The van der Waals surface area contributed by atoms with Gasteiger partial charge in [-0.05, 0) is 26.7 Å². The molecule has 0 bridgehead atoms. The fraction of sp³-hybridized carbons (Fsp3) is 0.917. The van der Waals surface area contributed by atoms with Gasteiger partial charge in [-0.15, -0.1) is 0 Å². The SMILES string of the molecule is CC1CC(CNC2=NCCCN2C)C(C)O1. The minimum absolute atomic E-state index is 0.372. The highest BCUT2D eigenvalue weighted by Gasteiger charge is 2.29. The van der Waals surface area contributed by atoms with E-state index < -0.39 is 0 Å². The van der Waals surface area contributed by atoms with Crippen LogP contribution in [0.5, 0.6) is 0 Å². The Balaban J connectivity index is 1.80. The average Bonchev–Trinajstić information content (AvgIpc) is 2.56. The number of hydrogen-bond donors (Lipinski definition) is 1. The molecule has 0 spiro atoms. The molecule has 4 nitrogen and oxygen atoms in total. The van der Waals surface area contributed by atoms with Crippen LogP contribution in [0.2, 0.25) is 0 Å². The van der Waals surface area contributed by atoms with E-state index in [2.05, 4.69) is 36.1 Å². The predicted octanol–water partition coefficient (Wildman–Crippen LogP) is 1.08. The van der Waals surface area contributed by atoms with Crippen LogP contribution < -0.4 is 5.32 Å². The maximum absolute atomic E-state index is 5.75. The summed E-state index contributed by atoms with van der Waals surface area (Å²) in [5.41, 5.74) is 0. The largest absolute Gasteiger partial charge is 0.375 e. The highest BCUT2D eigenvalue weighted by molar-refractivity contribution is 5.80. The Labute approximate surface area is 98.1 Å². The third-order valence-corrected chi connectivity index (χ3v) is 3.54. The Morgan fingerprint density at radius 2 is 2.31 bits per heavy atom. The summed E-state index contributed by atoms with van der Waals surface area (Å²) in [4.78, 5) is 6.71. The van der Waals surface area contributed by atoms with Gasteiger partial charge in [0.25, 0.3) is 0 Å². The zero-order valence-corrected chi connectivity index (χ0v) is 10.6. The van der Waals surface area contributed by atoms with E-state index >= 15 is 0 Å². The van der Waals surface area contributed by atoms with Crippen LogP contribution in [0.4, 0.5) is 0 Å². The van der Waals surface area contributed by atoms with Crippen molar-refractivity contribution in [3.05, 3.63) is 0 Å². The second-order valence-corrected chi connectivity index (χ2v) is 5.01. The lowest BCUT2D eigenvalue weighted by molar-refractivity contribution is 0.0564. The number of aliphatic imine (C=N–C) groups is 1. The number of hydrogen-bond acceptors (Lipinski definition) is 4. The first kappa shape index (κ1) is 11.7. The first-order chi connectivity index (χ1) is 7.66. The Kier molecular flexibility index (Phi) is 3.69. The lowest BCUT2D eigenvalue weighted by Crippen LogP contribution is -2.44. The topological polar surface area (TPSA) is 36.9 Å². The van der Waals surface area contributed by atoms with Gasteiger partial charge in [0.2, 0.25) is 0 Å². The third-order valence-electron chi connectivity index (χ3n) is 3.54. The van der Waals surface area contributed by atoms with Gasteiger partial charge in [0, 0.05) is 32.6 Å². The van der Waals surface area contributed by atoms with E-state index in [9.17, 15) is 0 Å². The molecule has 2 aliphatic rings. The van der Waals surface area contributed by atoms with Crippen LogP contribution in [0.1, 0.15) is 26.7 Å². The molecule has 0 amide bonds. The summed E-state index contributed by atoms with van der Waals surface area (Å²) in [7, 11) is 2.10. The molecule has 2 aliphatic heterocycles. The third kappa shape index (κ3) is 2.67. The van der Waals surface area contributed by atoms with Crippen LogP contribution in [0, 0.1) is 5.92 Å². The molecule has 0 saturated carbocycles. The van der Waals surface area contributed by atoms with Crippen molar-refractivity contribution in [3.63, 3.8) is 0 Å². The van der Waals surface area contributed by atoms with Crippen molar-refractivity contribution in [1.29, 1.82) is 0 Å². The molecule has 4 heteroatoms. The van der Waals surface area contributed by atoms with Crippen LogP contribution in [0.25, 0.3) is 0 Å². The van der Waals surface area contributed by atoms with Crippen molar-refractivity contribution in [2.75, 3.05) is 26.7 Å². The highest BCUT2D eigenvalue weighted by Crippen LogP contribution is 2.25. The van der Waals surface area contributed by atoms with Crippen molar-refractivity contribution in [2.24, 2.45) is 10.9 Å². The molecule has 0 aromatic heterocycles. The molecular weight excluding hydrogens is 202 g/mol. The van der Waals surface area contributed by atoms with Crippen LogP contribution in [0.15, 0.2) is 4.99 Å². The van der Waals surface area contributed by atoms with E-state index in [1.165, 1.54) is 6.42 Å². The maximum Gasteiger partial charge on any atom is 0.193 e. The Hall–Kier alpha value is -0.770. The first-order valence-electron chi connectivity index (χ1n) is 6.31. The molecule has 3 atom stereocenters. The summed E-state index contributed by atoms with van der Waals surface area (Å²) in [5, 5.41) is 3.46. The monoisotopic (exact) mass is 225 g/mol. The number of nitrogens with zero attached hydrogens (tertiary/aromatic N) is 2. The van der Waals surface area contributed by atoms with Gasteiger partial charge in [-0.25, -0.2) is 0 Å².